The molecular formula is C18H24N4O3S. The number of hydrogen-bond donors (Lipinski definition) is 1. The zero-order chi connectivity index (χ0) is 18.7. The largest absolute Gasteiger partial charge is 0.322 e. The molecule has 0 spiro atoms. The highest BCUT2D eigenvalue weighted by Gasteiger charge is 2.28. The molecule has 1 aromatic heterocycles. The molecule has 1 unspecified atom stereocenters. The summed E-state index contributed by atoms with van der Waals surface area (Å²) in [6.07, 6.45) is 5.13. The number of anilines is 1. The molecule has 1 amide bonds. The summed E-state index contributed by atoms with van der Waals surface area (Å²) < 4.78 is 28.7. The number of carbonyl (C=O) groups is 1. The van der Waals surface area contributed by atoms with Crippen LogP contribution in [0.5, 0.6) is 0 Å². The monoisotopic (exact) mass is 376 g/mol. The molecule has 0 saturated carbocycles. The summed E-state index contributed by atoms with van der Waals surface area (Å²) >= 11 is 0. The third-order valence-corrected chi connectivity index (χ3v) is 6.47. The zero-order valence-corrected chi connectivity index (χ0v) is 15.9. The molecule has 7 nitrogen and oxygen atoms in total. The van der Waals surface area contributed by atoms with Crippen LogP contribution in [0.3, 0.4) is 0 Å². The summed E-state index contributed by atoms with van der Waals surface area (Å²) in [6, 6.07) is 6.31. The van der Waals surface area contributed by atoms with Gasteiger partial charge in [-0.25, -0.2) is 8.42 Å². The lowest BCUT2D eigenvalue weighted by molar-refractivity contribution is 0.102. The molecule has 1 aliphatic rings. The SMILES string of the molecule is CCn1cc(C(=O)Nc2ccc(S(=O)(=O)N3CCCC(C)C3)cc2)cn1. The Morgan fingerprint density at radius 1 is 1.31 bits per heavy atom. The smallest absolute Gasteiger partial charge is 0.258 e. The van der Waals surface area contributed by atoms with Gasteiger partial charge in [0, 0.05) is 31.5 Å². The lowest BCUT2D eigenvalue weighted by Crippen LogP contribution is -2.39. The number of carbonyl (C=O) groups excluding carboxylic acids is 1. The number of rotatable bonds is 5. The van der Waals surface area contributed by atoms with E-state index in [-0.39, 0.29) is 10.8 Å². The maximum Gasteiger partial charge on any atom is 0.258 e. The molecule has 8 heteroatoms. The van der Waals surface area contributed by atoms with E-state index in [0.717, 1.165) is 12.8 Å². The van der Waals surface area contributed by atoms with Crippen molar-refractivity contribution in [1.29, 1.82) is 0 Å². The number of benzene rings is 1. The van der Waals surface area contributed by atoms with Crippen molar-refractivity contribution in [2.45, 2.75) is 38.1 Å². The summed E-state index contributed by atoms with van der Waals surface area (Å²) in [5.74, 6) is 0.103. The molecule has 2 aromatic rings. The number of hydrogen-bond acceptors (Lipinski definition) is 4. The van der Waals surface area contributed by atoms with Crippen LogP contribution in [0.2, 0.25) is 0 Å². The predicted molar refractivity (Wildman–Crippen MR) is 99.5 cm³/mol. The van der Waals surface area contributed by atoms with Gasteiger partial charge < -0.3 is 5.32 Å². The van der Waals surface area contributed by atoms with E-state index in [9.17, 15) is 13.2 Å². The number of piperidine rings is 1. The zero-order valence-electron chi connectivity index (χ0n) is 15.1. The van der Waals surface area contributed by atoms with E-state index in [1.54, 1.807) is 39.4 Å². The number of nitrogens with zero attached hydrogens (tertiary/aromatic N) is 3. The van der Waals surface area contributed by atoms with Gasteiger partial charge in [0.2, 0.25) is 10.0 Å². The molecular weight excluding hydrogens is 352 g/mol. The van der Waals surface area contributed by atoms with Crippen molar-refractivity contribution >= 4 is 21.6 Å². The molecule has 1 aromatic carbocycles. The van der Waals surface area contributed by atoms with Crippen LogP contribution in [0.1, 0.15) is 37.0 Å². The Morgan fingerprint density at radius 2 is 2.04 bits per heavy atom. The van der Waals surface area contributed by atoms with Crippen LogP contribution in [0.25, 0.3) is 0 Å². The van der Waals surface area contributed by atoms with Gasteiger partial charge in [-0.1, -0.05) is 6.92 Å². The lowest BCUT2D eigenvalue weighted by Gasteiger charge is -2.30. The first kappa shape index (κ1) is 18.6. The van der Waals surface area contributed by atoms with Gasteiger partial charge in [0.05, 0.1) is 16.7 Å². The number of amides is 1. The van der Waals surface area contributed by atoms with Crippen molar-refractivity contribution < 1.29 is 13.2 Å². The molecule has 1 saturated heterocycles. The van der Waals surface area contributed by atoms with E-state index >= 15 is 0 Å². The molecule has 140 valence electrons. The van der Waals surface area contributed by atoms with Gasteiger partial charge >= 0.3 is 0 Å². The topological polar surface area (TPSA) is 84.3 Å². The minimum absolute atomic E-state index is 0.253. The quantitative estimate of drug-likeness (QED) is 0.869. The van der Waals surface area contributed by atoms with Gasteiger partial charge in [0.25, 0.3) is 5.91 Å². The van der Waals surface area contributed by atoms with E-state index < -0.39 is 10.0 Å². The molecule has 3 rings (SSSR count). The molecule has 1 aliphatic heterocycles. The maximum absolute atomic E-state index is 12.8. The highest BCUT2D eigenvalue weighted by molar-refractivity contribution is 7.89. The van der Waals surface area contributed by atoms with Crippen LogP contribution in [-0.4, -0.2) is 41.5 Å². The summed E-state index contributed by atoms with van der Waals surface area (Å²) in [7, 11) is -3.49. The Morgan fingerprint density at radius 3 is 2.65 bits per heavy atom. The third-order valence-electron chi connectivity index (χ3n) is 4.59. The molecule has 1 fully saturated rings. The lowest BCUT2D eigenvalue weighted by atomic mass is 10.0. The molecule has 0 radical (unpaired) electrons. The maximum atomic E-state index is 12.8. The van der Waals surface area contributed by atoms with Gasteiger partial charge in [-0.05, 0) is 49.9 Å². The minimum atomic E-state index is -3.49. The number of aryl methyl sites for hydroxylation is 1. The normalized spacial score (nSPS) is 18.6. The molecule has 1 N–H and O–H groups in total. The standard InChI is InChI=1S/C18H24N4O3S/c1-3-21-13-15(11-19-21)18(23)20-16-6-8-17(9-7-16)26(24,25)22-10-4-5-14(2)12-22/h6-9,11,13-14H,3-5,10,12H2,1-2H3,(H,20,23). The van der Waals surface area contributed by atoms with E-state index in [1.807, 2.05) is 6.92 Å². The minimum Gasteiger partial charge on any atom is -0.322 e. The molecule has 2 heterocycles. The Balaban J connectivity index is 1.70. The van der Waals surface area contributed by atoms with Crippen LogP contribution < -0.4 is 5.32 Å². The molecule has 1 atom stereocenters. The Labute approximate surface area is 154 Å². The highest BCUT2D eigenvalue weighted by Crippen LogP contribution is 2.24. The Hall–Kier alpha value is -2.19. The van der Waals surface area contributed by atoms with E-state index in [4.69, 9.17) is 0 Å². The van der Waals surface area contributed by atoms with Crippen LogP contribution in [0.15, 0.2) is 41.6 Å². The van der Waals surface area contributed by atoms with Gasteiger partial charge in [0.1, 0.15) is 0 Å². The first-order chi connectivity index (χ1) is 12.4. The average molecular weight is 376 g/mol. The van der Waals surface area contributed by atoms with Crippen molar-refractivity contribution in [2.75, 3.05) is 18.4 Å². The highest BCUT2D eigenvalue weighted by atomic mass is 32.2. The van der Waals surface area contributed by atoms with E-state index in [0.29, 0.717) is 36.8 Å². The van der Waals surface area contributed by atoms with E-state index in [2.05, 4.69) is 17.3 Å². The van der Waals surface area contributed by atoms with Gasteiger partial charge in [-0.2, -0.15) is 9.40 Å². The summed E-state index contributed by atoms with van der Waals surface area (Å²) in [6.45, 7) is 5.82. The molecule has 26 heavy (non-hydrogen) atoms. The third kappa shape index (κ3) is 3.96. The Bertz CT molecular complexity index is 874. The number of sulfonamides is 1. The van der Waals surface area contributed by atoms with Crippen molar-refractivity contribution in [3.8, 4) is 0 Å². The fraction of sp³-hybridized carbons (Fsp3) is 0.444. The van der Waals surface area contributed by atoms with Gasteiger partial charge in [-0.15, -0.1) is 0 Å². The Kier molecular flexibility index (Phi) is 5.43. The van der Waals surface area contributed by atoms with Crippen LogP contribution in [0, 0.1) is 5.92 Å². The van der Waals surface area contributed by atoms with Crippen molar-refractivity contribution in [3.05, 3.63) is 42.2 Å². The first-order valence-corrected chi connectivity index (χ1v) is 10.3. The summed E-state index contributed by atoms with van der Waals surface area (Å²) in [5.41, 5.74) is 1.01. The summed E-state index contributed by atoms with van der Waals surface area (Å²) in [4.78, 5) is 12.5. The average Bonchev–Trinajstić information content (AvgIpc) is 3.11. The second-order valence-electron chi connectivity index (χ2n) is 6.67. The predicted octanol–water partition coefficient (Wildman–Crippen LogP) is 2.58. The van der Waals surface area contributed by atoms with Crippen molar-refractivity contribution in [2.24, 2.45) is 5.92 Å². The fourth-order valence-electron chi connectivity index (χ4n) is 3.08. The second-order valence-corrected chi connectivity index (χ2v) is 8.61. The van der Waals surface area contributed by atoms with Crippen LogP contribution >= 0.6 is 0 Å². The van der Waals surface area contributed by atoms with Crippen molar-refractivity contribution in [1.82, 2.24) is 14.1 Å². The van der Waals surface area contributed by atoms with Crippen LogP contribution in [-0.2, 0) is 16.6 Å². The summed E-state index contributed by atoms with van der Waals surface area (Å²) in [5, 5.41) is 6.83. The fourth-order valence-corrected chi connectivity index (χ4v) is 4.68. The molecule has 0 bridgehead atoms. The molecule has 0 aliphatic carbocycles. The van der Waals surface area contributed by atoms with Crippen LogP contribution in [0.4, 0.5) is 5.69 Å². The van der Waals surface area contributed by atoms with Gasteiger partial charge in [-0.3, -0.25) is 9.48 Å². The second kappa shape index (κ2) is 7.59. The van der Waals surface area contributed by atoms with E-state index in [1.165, 1.54) is 6.20 Å². The number of nitrogens with one attached hydrogen (secondary N) is 1. The van der Waals surface area contributed by atoms with Gasteiger partial charge in [0.15, 0.2) is 0 Å². The number of aromatic nitrogens is 2. The first-order valence-electron chi connectivity index (χ1n) is 8.84. The van der Waals surface area contributed by atoms with Crippen molar-refractivity contribution in [3.63, 3.8) is 0 Å².